The van der Waals surface area contributed by atoms with Crippen LogP contribution < -0.4 is 19.5 Å². The Labute approximate surface area is 128 Å². The van der Waals surface area contributed by atoms with Gasteiger partial charge in [0.05, 0.1) is 26.9 Å². The van der Waals surface area contributed by atoms with Gasteiger partial charge in [-0.3, -0.25) is 0 Å². The number of benzene rings is 1. The molecule has 1 aromatic rings. The Hall–Kier alpha value is -1.42. The number of ether oxygens (including phenoxy) is 3. The van der Waals surface area contributed by atoms with Crippen LogP contribution >= 0.6 is 0 Å². The smallest absolute Gasteiger partial charge is 0.131 e. The van der Waals surface area contributed by atoms with Crippen LogP contribution in [0, 0.1) is 0 Å². The summed E-state index contributed by atoms with van der Waals surface area (Å²) >= 11 is 0. The van der Waals surface area contributed by atoms with E-state index in [0.717, 1.165) is 42.2 Å². The van der Waals surface area contributed by atoms with E-state index in [1.165, 1.54) is 12.8 Å². The number of rotatable bonds is 10. The van der Waals surface area contributed by atoms with Gasteiger partial charge in [-0.25, -0.2) is 0 Å². The van der Waals surface area contributed by atoms with E-state index in [4.69, 9.17) is 14.2 Å². The lowest BCUT2D eigenvalue weighted by Crippen LogP contribution is -2.23. The van der Waals surface area contributed by atoms with Gasteiger partial charge in [0, 0.05) is 18.2 Å². The molecule has 0 spiro atoms. The molecular weight excluding hydrogens is 266 g/mol. The highest BCUT2D eigenvalue weighted by molar-refractivity contribution is 5.52. The van der Waals surface area contributed by atoms with Gasteiger partial charge in [0.15, 0.2) is 0 Å². The van der Waals surface area contributed by atoms with Crippen LogP contribution in [0.3, 0.4) is 0 Å². The lowest BCUT2D eigenvalue weighted by atomic mass is 9.98. The highest BCUT2D eigenvalue weighted by Crippen LogP contribution is 2.39. The molecule has 120 valence electrons. The largest absolute Gasteiger partial charge is 0.496 e. The van der Waals surface area contributed by atoms with Crippen LogP contribution in [-0.2, 0) is 0 Å². The van der Waals surface area contributed by atoms with E-state index in [0.29, 0.717) is 0 Å². The molecule has 1 atom stereocenters. The Bertz CT molecular complexity index is 387. The fraction of sp³-hybridized carbons (Fsp3) is 0.647. The quantitative estimate of drug-likeness (QED) is 0.709. The molecule has 0 amide bonds. The predicted molar refractivity (Wildman–Crippen MR) is 86.7 cm³/mol. The summed E-state index contributed by atoms with van der Waals surface area (Å²) in [5, 5.41) is 3.61. The van der Waals surface area contributed by atoms with Crippen molar-refractivity contribution in [3.05, 3.63) is 17.7 Å². The zero-order chi connectivity index (χ0) is 15.7. The molecule has 0 fully saturated rings. The SMILES string of the molecule is CCCCC(NCCC)c1c(OC)cc(OC)cc1OC. The second-order valence-electron chi connectivity index (χ2n) is 5.09. The summed E-state index contributed by atoms with van der Waals surface area (Å²) in [5.41, 5.74) is 1.09. The molecular formula is C17H29NO3. The minimum atomic E-state index is 0.237. The zero-order valence-electron chi connectivity index (χ0n) is 14.0. The van der Waals surface area contributed by atoms with Crippen LogP contribution in [0.1, 0.15) is 51.1 Å². The molecule has 4 nitrogen and oxygen atoms in total. The number of nitrogens with one attached hydrogen (secondary N) is 1. The Morgan fingerprint density at radius 2 is 1.57 bits per heavy atom. The fourth-order valence-electron chi connectivity index (χ4n) is 2.45. The number of hydrogen-bond acceptors (Lipinski definition) is 4. The number of unbranched alkanes of at least 4 members (excludes halogenated alkanes) is 1. The molecule has 1 rings (SSSR count). The first-order valence-corrected chi connectivity index (χ1v) is 7.75. The Morgan fingerprint density at radius 1 is 0.952 bits per heavy atom. The summed E-state index contributed by atoms with van der Waals surface area (Å²) < 4.78 is 16.5. The van der Waals surface area contributed by atoms with E-state index >= 15 is 0 Å². The van der Waals surface area contributed by atoms with Crippen molar-refractivity contribution in [2.24, 2.45) is 0 Å². The summed E-state index contributed by atoms with van der Waals surface area (Å²) in [6, 6.07) is 4.08. The molecule has 21 heavy (non-hydrogen) atoms. The first-order valence-electron chi connectivity index (χ1n) is 7.75. The maximum atomic E-state index is 5.57. The summed E-state index contributed by atoms with van der Waals surface area (Å²) in [4.78, 5) is 0. The van der Waals surface area contributed by atoms with E-state index in [1.807, 2.05) is 12.1 Å². The Morgan fingerprint density at radius 3 is 2.00 bits per heavy atom. The molecule has 0 heterocycles. The average Bonchev–Trinajstić information content (AvgIpc) is 2.54. The van der Waals surface area contributed by atoms with Gasteiger partial charge in [-0.2, -0.15) is 0 Å². The first kappa shape index (κ1) is 17.6. The summed E-state index contributed by atoms with van der Waals surface area (Å²) in [6.45, 7) is 5.36. The standard InChI is InChI=1S/C17H29NO3/c1-6-8-9-14(18-10-7-2)17-15(20-4)11-13(19-3)12-16(17)21-5/h11-12,14,18H,6-10H2,1-5H3. The third-order valence-electron chi connectivity index (χ3n) is 3.59. The van der Waals surface area contributed by atoms with Crippen molar-refractivity contribution in [2.75, 3.05) is 27.9 Å². The van der Waals surface area contributed by atoms with Crippen molar-refractivity contribution in [1.29, 1.82) is 0 Å². The zero-order valence-corrected chi connectivity index (χ0v) is 14.0. The molecule has 0 aliphatic heterocycles. The van der Waals surface area contributed by atoms with E-state index in [1.54, 1.807) is 21.3 Å². The van der Waals surface area contributed by atoms with Crippen molar-refractivity contribution in [3.8, 4) is 17.2 Å². The number of hydrogen-bond donors (Lipinski definition) is 1. The second kappa shape index (κ2) is 9.50. The van der Waals surface area contributed by atoms with E-state index < -0.39 is 0 Å². The highest BCUT2D eigenvalue weighted by atomic mass is 16.5. The third-order valence-corrected chi connectivity index (χ3v) is 3.59. The van der Waals surface area contributed by atoms with Gasteiger partial charge in [-0.1, -0.05) is 26.7 Å². The monoisotopic (exact) mass is 295 g/mol. The van der Waals surface area contributed by atoms with Crippen molar-refractivity contribution in [2.45, 2.75) is 45.6 Å². The molecule has 0 aliphatic rings. The minimum absolute atomic E-state index is 0.237. The summed E-state index contributed by atoms with van der Waals surface area (Å²) in [6.07, 6.45) is 4.50. The van der Waals surface area contributed by atoms with Gasteiger partial charge in [0.1, 0.15) is 17.2 Å². The van der Waals surface area contributed by atoms with Crippen molar-refractivity contribution < 1.29 is 14.2 Å². The maximum absolute atomic E-state index is 5.57. The molecule has 0 bridgehead atoms. The van der Waals surface area contributed by atoms with Crippen molar-refractivity contribution in [1.82, 2.24) is 5.32 Å². The van der Waals surface area contributed by atoms with Crippen LogP contribution in [0.25, 0.3) is 0 Å². The third kappa shape index (κ3) is 4.81. The molecule has 0 aromatic heterocycles. The van der Waals surface area contributed by atoms with Crippen LogP contribution in [0.5, 0.6) is 17.2 Å². The number of methoxy groups -OCH3 is 3. The summed E-state index contributed by atoms with van der Waals surface area (Å²) in [7, 11) is 5.03. The molecule has 0 aliphatic carbocycles. The van der Waals surface area contributed by atoms with E-state index in [9.17, 15) is 0 Å². The van der Waals surface area contributed by atoms with Crippen molar-refractivity contribution >= 4 is 0 Å². The van der Waals surface area contributed by atoms with Gasteiger partial charge < -0.3 is 19.5 Å². The molecule has 0 saturated carbocycles. The van der Waals surface area contributed by atoms with Crippen molar-refractivity contribution in [3.63, 3.8) is 0 Å². The molecule has 4 heteroatoms. The van der Waals surface area contributed by atoms with E-state index in [-0.39, 0.29) is 6.04 Å². The fourth-order valence-corrected chi connectivity index (χ4v) is 2.45. The van der Waals surface area contributed by atoms with Gasteiger partial charge in [0.2, 0.25) is 0 Å². The molecule has 0 radical (unpaired) electrons. The van der Waals surface area contributed by atoms with E-state index in [2.05, 4.69) is 19.2 Å². The minimum Gasteiger partial charge on any atom is -0.496 e. The maximum Gasteiger partial charge on any atom is 0.131 e. The molecule has 1 unspecified atom stereocenters. The molecule has 1 N–H and O–H groups in total. The topological polar surface area (TPSA) is 39.7 Å². The van der Waals surface area contributed by atoms with Gasteiger partial charge in [-0.05, 0) is 19.4 Å². The van der Waals surface area contributed by atoms with Gasteiger partial charge >= 0.3 is 0 Å². The Balaban J connectivity index is 3.18. The highest BCUT2D eigenvalue weighted by Gasteiger charge is 2.21. The second-order valence-corrected chi connectivity index (χ2v) is 5.09. The normalized spacial score (nSPS) is 12.0. The Kier molecular flexibility index (Phi) is 7.98. The lowest BCUT2D eigenvalue weighted by molar-refractivity contribution is 0.352. The molecule has 0 saturated heterocycles. The van der Waals surface area contributed by atoms with Crippen LogP contribution in [-0.4, -0.2) is 27.9 Å². The lowest BCUT2D eigenvalue weighted by Gasteiger charge is -2.24. The van der Waals surface area contributed by atoms with Crippen LogP contribution in [0.2, 0.25) is 0 Å². The predicted octanol–water partition coefficient (Wildman–Crippen LogP) is 3.94. The first-order chi connectivity index (χ1) is 10.2. The van der Waals surface area contributed by atoms with Gasteiger partial charge in [0.25, 0.3) is 0 Å². The van der Waals surface area contributed by atoms with Crippen LogP contribution in [0.15, 0.2) is 12.1 Å². The van der Waals surface area contributed by atoms with Crippen LogP contribution in [0.4, 0.5) is 0 Å². The average molecular weight is 295 g/mol. The van der Waals surface area contributed by atoms with Gasteiger partial charge in [-0.15, -0.1) is 0 Å². The molecule has 1 aromatic carbocycles. The summed E-state index contributed by atoms with van der Waals surface area (Å²) in [5.74, 6) is 2.38.